The quantitative estimate of drug-likeness (QED) is 0.734. The number of rotatable bonds is 1. The van der Waals surface area contributed by atoms with Crippen molar-refractivity contribution in [2.24, 2.45) is 46.3 Å². The molecule has 4 fully saturated rings. The summed E-state index contributed by atoms with van der Waals surface area (Å²) in [5.41, 5.74) is 0.814. The van der Waals surface area contributed by atoms with Crippen LogP contribution in [0.15, 0.2) is 0 Å². The minimum Gasteiger partial charge on any atom is -0.393 e. The number of hydrogen-bond donors (Lipinski definition) is 2. The largest absolute Gasteiger partial charge is 0.393 e. The lowest BCUT2D eigenvalue weighted by Crippen LogP contribution is -2.58. The molecule has 9 atom stereocenters. The van der Waals surface area contributed by atoms with Crippen LogP contribution in [-0.2, 0) is 0 Å². The van der Waals surface area contributed by atoms with Gasteiger partial charge in [0.05, 0.1) is 12.2 Å². The lowest BCUT2D eigenvalue weighted by Gasteiger charge is -2.62. The van der Waals surface area contributed by atoms with E-state index >= 15 is 0 Å². The molecule has 4 rings (SSSR count). The van der Waals surface area contributed by atoms with Gasteiger partial charge in [-0.2, -0.15) is 0 Å². The molecule has 24 heavy (non-hydrogen) atoms. The van der Waals surface area contributed by atoms with Crippen LogP contribution in [0.2, 0.25) is 0 Å². The van der Waals surface area contributed by atoms with Crippen molar-refractivity contribution in [3.8, 4) is 0 Å². The lowest BCUT2D eigenvalue weighted by molar-refractivity contribution is -0.174. The van der Waals surface area contributed by atoms with Crippen molar-refractivity contribution >= 4 is 0 Å². The van der Waals surface area contributed by atoms with E-state index in [9.17, 15) is 10.2 Å². The summed E-state index contributed by atoms with van der Waals surface area (Å²) in [6.45, 7) is 9.87. The van der Waals surface area contributed by atoms with Crippen LogP contribution in [0.3, 0.4) is 0 Å². The van der Waals surface area contributed by atoms with Gasteiger partial charge in [0.15, 0.2) is 0 Å². The molecule has 0 saturated heterocycles. The summed E-state index contributed by atoms with van der Waals surface area (Å²) in [6, 6.07) is 0. The minimum absolute atomic E-state index is 0.127. The van der Waals surface area contributed by atoms with Gasteiger partial charge in [-0.15, -0.1) is 0 Å². The maximum Gasteiger partial charge on any atom is 0.0577 e. The number of aliphatic hydroxyl groups is 2. The van der Waals surface area contributed by atoms with Gasteiger partial charge in [-0.1, -0.05) is 27.7 Å². The molecule has 0 spiro atoms. The molecular formula is C22H38O2. The zero-order valence-electron chi connectivity index (χ0n) is 16.2. The highest BCUT2D eigenvalue weighted by molar-refractivity contribution is 5.11. The Kier molecular flexibility index (Phi) is 4.12. The first-order valence-corrected chi connectivity index (χ1v) is 10.6. The van der Waals surface area contributed by atoms with Crippen LogP contribution < -0.4 is 0 Å². The van der Waals surface area contributed by atoms with Crippen LogP contribution in [0.5, 0.6) is 0 Å². The number of hydrogen-bond acceptors (Lipinski definition) is 2. The van der Waals surface area contributed by atoms with E-state index < -0.39 is 0 Å². The molecule has 0 aromatic heterocycles. The summed E-state index contributed by atoms with van der Waals surface area (Å²) in [7, 11) is 0. The van der Waals surface area contributed by atoms with Crippen LogP contribution in [0.1, 0.15) is 79.1 Å². The zero-order chi connectivity index (χ0) is 17.3. The number of fused-ring (bicyclic) bond motifs is 5. The number of aliphatic hydroxyl groups excluding tert-OH is 2. The Bertz CT molecular complexity index is 488. The minimum atomic E-state index is -0.131. The first-order valence-electron chi connectivity index (χ1n) is 10.6. The van der Waals surface area contributed by atoms with Crippen LogP contribution in [0, 0.1) is 46.3 Å². The molecule has 0 aromatic carbocycles. The topological polar surface area (TPSA) is 40.5 Å². The predicted molar refractivity (Wildman–Crippen MR) is 97.5 cm³/mol. The second-order valence-corrected chi connectivity index (χ2v) is 10.7. The van der Waals surface area contributed by atoms with E-state index in [0.717, 1.165) is 37.0 Å². The monoisotopic (exact) mass is 334 g/mol. The van der Waals surface area contributed by atoms with Gasteiger partial charge in [0.2, 0.25) is 0 Å². The molecule has 9 unspecified atom stereocenters. The Morgan fingerprint density at radius 2 is 1.50 bits per heavy atom. The van der Waals surface area contributed by atoms with Gasteiger partial charge < -0.3 is 10.2 Å². The Hall–Kier alpha value is -0.0800. The van der Waals surface area contributed by atoms with Crippen LogP contribution in [0.25, 0.3) is 0 Å². The fraction of sp³-hybridized carbons (Fsp3) is 1.00. The molecule has 0 heterocycles. The SMILES string of the molecule is CC(C)C1CCC2C3C(O)CC4CC(O)CCC4(C)C3CCC12C. The molecule has 0 bridgehead atoms. The van der Waals surface area contributed by atoms with Gasteiger partial charge in [0.1, 0.15) is 0 Å². The van der Waals surface area contributed by atoms with Crippen LogP contribution in [0.4, 0.5) is 0 Å². The van der Waals surface area contributed by atoms with Gasteiger partial charge in [-0.05, 0) is 97.7 Å². The van der Waals surface area contributed by atoms with Gasteiger partial charge >= 0.3 is 0 Å². The van der Waals surface area contributed by atoms with Gasteiger partial charge in [-0.25, -0.2) is 0 Å². The van der Waals surface area contributed by atoms with Crippen molar-refractivity contribution in [3.05, 3.63) is 0 Å². The third-order valence-corrected chi connectivity index (χ3v) is 9.53. The van der Waals surface area contributed by atoms with E-state index in [1.54, 1.807) is 0 Å². The van der Waals surface area contributed by atoms with Crippen molar-refractivity contribution in [3.63, 3.8) is 0 Å². The van der Waals surface area contributed by atoms with Crippen molar-refractivity contribution in [1.82, 2.24) is 0 Å². The molecule has 4 aliphatic carbocycles. The predicted octanol–water partition coefficient (Wildman–Crippen LogP) is 4.63. The highest BCUT2D eigenvalue weighted by Crippen LogP contribution is 2.68. The van der Waals surface area contributed by atoms with E-state index in [-0.39, 0.29) is 12.2 Å². The third-order valence-electron chi connectivity index (χ3n) is 9.53. The van der Waals surface area contributed by atoms with E-state index in [1.807, 2.05) is 0 Å². The summed E-state index contributed by atoms with van der Waals surface area (Å²) < 4.78 is 0. The summed E-state index contributed by atoms with van der Waals surface area (Å²) in [5.74, 6) is 4.07. The van der Waals surface area contributed by atoms with E-state index in [0.29, 0.717) is 28.6 Å². The van der Waals surface area contributed by atoms with Crippen molar-refractivity contribution in [2.45, 2.75) is 91.3 Å². The molecule has 2 nitrogen and oxygen atoms in total. The Balaban J connectivity index is 1.65. The fourth-order valence-electron chi connectivity index (χ4n) is 8.34. The molecule has 0 amide bonds. The van der Waals surface area contributed by atoms with Gasteiger partial charge in [-0.3, -0.25) is 0 Å². The smallest absolute Gasteiger partial charge is 0.0577 e. The van der Waals surface area contributed by atoms with E-state index in [2.05, 4.69) is 27.7 Å². The van der Waals surface area contributed by atoms with Crippen molar-refractivity contribution in [1.29, 1.82) is 0 Å². The van der Waals surface area contributed by atoms with Crippen LogP contribution in [-0.4, -0.2) is 22.4 Å². The molecule has 0 radical (unpaired) electrons. The summed E-state index contributed by atoms with van der Waals surface area (Å²) in [6.07, 6.45) is 9.12. The summed E-state index contributed by atoms with van der Waals surface area (Å²) in [4.78, 5) is 0. The Morgan fingerprint density at radius 3 is 2.21 bits per heavy atom. The van der Waals surface area contributed by atoms with E-state index in [1.165, 1.54) is 32.1 Å². The Labute approximate surface area is 148 Å². The van der Waals surface area contributed by atoms with E-state index in [4.69, 9.17) is 0 Å². The Morgan fingerprint density at radius 1 is 0.833 bits per heavy atom. The molecular weight excluding hydrogens is 296 g/mol. The first-order chi connectivity index (χ1) is 11.3. The second kappa shape index (κ2) is 5.71. The maximum absolute atomic E-state index is 11.1. The first kappa shape index (κ1) is 17.3. The van der Waals surface area contributed by atoms with Gasteiger partial charge in [0, 0.05) is 0 Å². The molecule has 0 aliphatic heterocycles. The lowest BCUT2D eigenvalue weighted by atomic mass is 9.43. The van der Waals surface area contributed by atoms with Crippen molar-refractivity contribution in [2.75, 3.05) is 0 Å². The normalized spacial score (nSPS) is 57.4. The maximum atomic E-state index is 11.1. The molecule has 2 heteroatoms. The summed E-state index contributed by atoms with van der Waals surface area (Å²) >= 11 is 0. The molecule has 4 aliphatic rings. The highest BCUT2D eigenvalue weighted by Gasteiger charge is 2.62. The van der Waals surface area contributed by atoms with Gasteiger partial charge in [0.25, 0.3) is 0 Å². The molecule has 2 N–H and O–H groups in total. The molecule has 4 saturated carbocycles. The third kappa shape index (κ3) is 2.28. The fourth-order valence-corrected chi connectivity index (χ4v) is 8.34. The average Bonchev–Trinajstić information content (AvgIpc) is 2.86. The average molecular weight is 335 g/mol. The summed E-state index contributed by atoms with van der Waals surface area (Å²) in [5, 5.41) is 21.3. The highest BCUT2D eigenvalue weighted by atomic mass is 16.3. The van der Waals surface area contributed by atoms with Crippen LogP contribution >= 0.6 is 0 Å². The van der Waals surface area contributed by atoms with Crippen molar-refractivity contribution < 1.29 is 10.2 Å². The molecule has 0 aromatic rings. The zero-order valence-corrected chi connectivity index (χ0v) is 16.2. The molecule has 138 valence electrons. The second-order valence-electron chi connectivity index (χ2n) is 10.7. The standard InChI is InChI=1S/C22H38O2/c1-13(2)16-5-6-17-20-18(8-10-22(16,17)4)21(3)9-7-15(23)11-14(21)12-19(20)24/h13-20,23-24H,5-12H2,1-4H3.